The van der Waals surface area contributed by atoms with Gasteiger partial charge in [0, 0.05) is 39.8 Å². The highest BCUT2D eigenvalue weighted by Crippen LogP contribution is 2.15. The Balaban J connectivity index is 1.84. The zero-order valence-electron chi connectivity index (χ0n) is 13.4. The lowest BCUT2D eigenvalue weighted by Gasteiger charge is -2.28. The van der Waals surface area contributed by atoms with Gasteiger partial charge in [0.2, 0.25) is 5.91 Å². The Bertz CT molecular complexity index is 450. The van der Waals surface area contributed by atoms with E-state index < -0.39 is 0 Å². The number of rotatable bonds is 5. The first-order valence-corrected chi connectivity index (χ1v) is 7.82. The molecule has 4 heteroatoms. The molecule has 0 atom stereocenters. The molecule has 116 valence electrons. The van der Waals surface area contributed by atoms with Gasteiger partial charge in [0.15, 0.2) is 0 Å². The second-order valence-corrected chi connectivity index (χ2v) is 6.17. The van der Waals surface area contributed by atoms with Crippen LogP contribution in [0.3, 0.4) is 0 Å². The van der Waals surface area contributed by atoms with Crippen molar-refractivity contribution in [2.75, 3.05) is 39.8 Å². The van der Waals surface area contributed by atoms with Crippen LogP contribution >= 0.6 is 0 Å². The number of benzene rings is 1. The van der Waals surface area contributed by atoms with E-state index in [0.29, 0.717) is 19.0 Å². The molecule has 0 unspecified atom stereocenters. The monoisotopic (exact) mass is 289 g/mol. The van der Waals surface area contributed by atoms with Crippen LogP contribution in [0.25, 0.3) is 0 Å². The van der Waals surface area contributed by atoms with E-state index in [1.165, 1.54) is 11.1 Å². The van der Waals surface area contributed by atoms with Gasteiger partial charge in [-0.05, 0) is 17.0 Å². The minimum atomic E-state index is 0.199. The maximum atomic E-state index is 12.3. The molecule has 21 heavy (non-hydrogen) atoms. The number of carbonyl (C=O) groups is 1. The van der Waals surface area contributed by atoms with Crippen LogP contribution in [-0.4, -0.2) is 55.5 Å². The molecule has 1 N–H and O–H groups in total. The molecule has 0 radical (unpaired) electrons. The number of amides is 1. The summed E-state index contributed by atoms with van der Waals surface area (Å²) in [6.07, 6.45) is 0. The van der Waals surface area contributed by atoms with Gasteiger partial charge in [-0.15, -0.1) is 0 Å². The number of hydrogen-bond acceptors (Lipinski definition) is 3. The maximum Gasteiger partial charge on any atom is 0.236 e. The molecular weight excluding hydrogens is 262 g/mol. The van der Waals surface area contributed by atoms with Crippen LogP contribution in [-0.2, 0) is 11.3 Å². The summed E-state index contributed by atoms with van der Waals surface area (Å²) in [5.41, 5.74) is 2.53. The van der Waals surface area contributed by atoms with Gasteiger partial charge in [0.25, 0.3) is 0 Å². The molecule has 1 aromatic carbocycles. The summed E-state index contributed by atoms with van der Waals surface area (Å²) < 4.78 is 0. The Kier molecular flexibility index (Phi) is 5.76. The Morgan fingerprint density at radius 3 is 2.43 bits per heavy atom. The molecule has 1 aromatic rings. The van der Waals surface area contributed by atoms with E-state index in [9.17, 15) is 4.79 Å². The highest BCUT2D eigenvalue weighted by Gasteiger charge is 2.16. The standard InChI is InChI=1S/C17H27N3O/c1-14(2)16-6-4-15(5-7-16)12-19(3)17(21)13-20-10-8-18-9-11-20/h4-7,14,18H,8-13H2,1-3H3. The molecule has 1 aliphatic rings. The Morgan fingerprint density at radius 2 is 1.86 bits per heavy atom. The number of carbonyl (C=O) groups excluding carboxylic acids is 1. The van der Waals surface area contributed by atoms with Crippen molar-refractivity contribution in [2.45, 2.75) is 26.3 Å². The summed E-state index contributed by atoms with van der Waals surface area (Å²) in [6.45, 7) is 9.48. The number of nitrogens with zero attached hydrogens (tertiary/aromatic N) is 2. The zero-order valence-corrected chi connectivity index (χ0v) is 13.4. The summed E-state index contributed by atoms with van der Waals surface area (Å²) in [4.78, 5) is 16.3. The van der Waals surface area contributed by atoms with Crippen LogP contribution in [0, 0.1) is 0 Å². The molecule has 0 aliphatic carbocycles. The van der Waals surface area contributed by atoms with E-state index in [0.717, 1.165) is 26.2 Å². The fourth-order valence-corrected chi connectivity index (χ4v) is 2.55. The van der Waals surface area contributed by atoms with Crippen LogP contribution in [0.4, 0.5) is 0 Å². The molecule has 0 saturated carbocycles. The van der Waals surface area contributed by atoms with Crippen LogP contribution in [0.15, 0.2) is 24.3 Å². The van der Waals surface area contributed by atoms with Crippen molar-refractivity contribution < 1.29 is 4.79 Å². The molecule has 0 aromatic heterocycles. The zero-order chi connectivity index (χ0) is 15.2. The van der Waals surface area contributed by atoms with Gasteiger partial charge in [0.1, 0.15) is 0 Å². The molecule has 1 amide bonds. The van der Waals surface area contributed by atoms with Gasteiger partial charge in [0.05, 0.1) is 6.54 Å². The number of likely N-dealkylation sites (N-methyl/N-ethyl adjacent to an activating group) is 1. The van der Waals surface area contributed by atoms with Crippen molar-refractivity contribution in [1.29, 1.82) is 0 Å². The lowest BCUT2D eigenvalue weighted by atomic mass is 10.0. The van der Waals surface area contributed by atoms with Crippen LogP contribution in [0.5, 0.6) is 0 Å². The minimum absolute atomic E-state index is 0.199. The second kappa shape index (κ2) is 7.57. The molecule has 0 bridgehead atoms. The third-order valence-corrected chi connectivity index (χ3v) is 4.06. The third kappa shape index (κ3) is 4.83. The molecule has 1 aliphatic heterocycles. The first-order chi connectivity index (χ1) is 10.1. The molecule has 2 rings (SSSR count). The van der Waals surface area contributed by atoms with Gasteiger partial charge in [-0.25, -0.2) is 0 Å². The van der Waals surface area contributed by atoms with Gasteiger partial charge in [-0.3, -0.25) is 9.69 Å². The lowest BCUT2D eigenvalue weighted by molar-refractivity contribution is -0.131. The normalized spacial score (nSPS) is 16.2. The number of piperazine rings is 1. The fraction of sp³-hybridized carbons (Fsp3) is 0.588. The smallest absolute Gasteiger partial charge is 0.236 e. The molecule has 1 saturated heterocycles. The maximum absolute atomic E-state index is 12.3. The van der Waals surface area contributed by atoms with E-state index in [2.05, 4.69) is 48.3 Å². The first kappa shape index (κ1) is 16.0. The summed E-state index contributed by atoms with van der Waals surface area (Å²) in [5, 5.41) is 3.30. The molecule has 0 spiro atoms. The highest BCUT2D eigenvalue weighted by molar-refractivity contribution is 5.78. The Labute approximate surface area is 128 Å². The molecular formula is C17H27N3O. The van der Waals surface area contributed by atoms with Crippen molar-refractivity contribution in [3.63, 3.8) is 0 Å². The fourth-order valence-electron chi connectivity index (χ4n) is 2.55. The predicted octanol–water partition coefficient (Wildman–Crippen LogP) is 1.67. The Morgan fingerprint density at radius 1 is 1.24 bits per heavy atom. The molecule has 1 heterocycles. The predicted molar refractivity (Wildman–Crippen MR) is 86.3 cm³/mol. The average Bonchev–Trinajstić information content (AvgIpc) is 2.48. The topological polar surface area (TPSA) is 35.6 Å². The average molecular weight is 289 g/mol. The summed E-state index contributed by atoms with van der Waals surface area (Å²) in [6, 6.07) is 8.58. The molecule has 1 fully saturated rings. The second-order valence-electron chi connectivity index (χ2n) is 6.17. The van der Waals surface area contributed by atoms with E-state index in [1.54, 1.807) is 0 Å². The summed E-state index contributed by atoms with van der Waals surface area (Å²) >= 11 is 0. The van der Waals surface area contributed by atoms with Crippen LogP contribution < -0.4 is 5.32 Å². The highest BCUT2D eigenvalue weighted by atomic mass is 16.2. The van der Waals surface area contributed by atoms with Gasteiger partial charge < -0.3 is 10.2 Å². The SMILES string of the molecule is CC(C)c1ccc(CN(C)C(=O)CN2CCNCC2)cc1. The van der Waals surface area contributed by atoms with E-state index in [1.807, 2.05) is 11.9 Å². The minimum Gasteiger partial charge on any atom is -0.340 e. The largest absolute Gasteiger partial charge is 0.340 e. The van der Waals surface area contributed by atoms with Gasteiger partial charge >= 0.3 is 0 Å². The first-order valence-electron chi connectivity index (χ1n) is 7.82. The van der Waals surface area contributed by atoms with Crippen molar-refractivity contribution in [3.05, 3.63) is 35.4 Å². The van der Waals surface area contributed by atoms with Crippen molar-refractivity contribution in [3.8, 4) is 0 Å². The number of hydrogen-bond donors (Lipinski definition) is 1. The summed E-state index contributed by atoms with van der Waals surface area (Å²) in [5.74, 6) is 0.746. The van der Waals surface area contributed by atoms with E-state index in [4.69, 9.17) is 0 Å². The van der Waals surface area contributed by atoms with Gasteiger partial charge in [-0.1, -0.05) is 38.1 Å². The Hall–Kier alpha value is -1.39. The van der Waals surface area contributed by atoms with E-state index in [-0.39, 0.29) is 5.91 Å². The van der Waals surface area contributed by atoms with E-state index >= 15 is 0 Å². The molecule has 4 nitrogen and oxygen atoms in total. The van der Waals surface area contributed by atoms with Crippen LogP contribution in [0.2, 0.25) is 0 Å². The third-order valence-electron chi connectivity index (χ3n) is 4.06. The lowest BCUT2D eigenvalue weighted by Crippen LogP contribution is -2.47. The van der Waals surface area contributed by atoms with Crippen molar-refractivity contribution in [1.82, 2.24) is 15.1 Å². The van der Waals surface area contributed by atoms with Gasteiger partial charge in [-0.2, -0.15) is 0 Å². The number of nitrogens with one attached hydrogen (secondary N) is 1. The van der Waals surface area contributed by atoms with Crippen LogP contribution in [0.1, 0.15) is 30.9 Å². The quantitative estimate of drug-likeness (QED) is 0.896. The summed E-state index contributed by atoms with van der Waals surface area (Å²) in [7, 11) is 1.89. The van der Waals surface area contributed by atoms with Crippen molar-refractivity contribution in [2.24, 2.45) is 0 Å². The van der Waals surface area contributed by atoms with Crippen molar-refractivity contribution >= 4 is 5.91 Å².